The van der Waals surface area contributed by atoms with Crippen molar-refractivity contribution in [2.75, 3.05) is 0 Å². The van der Waals surface area contributed by atoms with Crippen molar-refractivity contribution in [3.63, 3.8) is 0 Å². The Hall–Kier alpha value is -3.10. The van der Waals surface area contributed by atoms with Gasteiger partial charge in [-0.1, -0.05) is 66.8 Å². The summed E-state index contributed by atoms with van der Waals surface area (Å²) >= 11 is 0. The van der Waals surface area contributed by atoms with Crippen LogP contribution in [0.15, 0.2) is 85.0 Å². The molecule has 0 radical (unpaired) electrons. The molecule has 1 atom stereocenters. The van der Waals surface area contributed by atoms with Crippen LogP contribution in [-0.2, 0) is 6.42 Å². The van der Waals surface area contributed by atoms with Crippen LogP contribution in [0.2, 0.25) is 0 Å². The lowest BCUT2D eigenvalue weighted by atomic mass is 10.0. The fraction of sp³-hybridized carbons (Fsp3) is 0.120. The van der Waals surface area contributed by atoms with Gasteiger partial charge in [-0.3, -0.25) is 0 Å². The van der Waals surface area contributed by atoms with Crippen LogP contribution >= 0.6 is 0 Å². The van der Waals surface area contributed by atoms with Gasteiger partial charge in [-0.05, 0) is 53.8 Å². The average Bonchev–Trinajstić information content (AvgIpc) is 3.23. The second-order valence-electron chi connectivity index (χ2n) is 7.11. The van der Waals surface area contributed by atoms with Gasteiger partial charge in [0.05, 0.1) is 11.0 Å². The van der Waals surface area contributed by atoms with E-state index in [4.69, 9.17) is 5.73 Å². The molecule has 1 aliphatic rings. The number of benzene rings is 3. The van der Waals surface area contributed by atoms with Gasteiger partial charge >= 0.3 is 0 Å². The van der Waals surface area contributed by atoms with Crippen LogP contribution in [0, 0.1) is 0 Å². The quantitative estimate of drug-likeness (QED) is 0.400. The number of fused-ring (bicyclic) bond motifs is 7. The van der Waals surface area contributed by atoms with Gasteiger partial charge < -0.3 is 10.3 Å². The standard InChI is InChI=1S/C25H22N2/c1-2-3-4-13-24(26)27-22-12-8-7-11-20(22)25-21-16-17-9-5-6-10-18(17)19(21)14-15-23(25)27/h2-15,24H,16,26H2,1H3/b3-2+,13-4-. The Morgan fingerprint density at radius 3 is 2.59 bits per heavy atom. The Bertz CT molecular complexity index is 1220. The van der Waals surface area contributed by atoms with Crippen LogP contribution in [-0.4, -0.2) is 4.57 Å². The molecule has 2 N–H and O–H groups in total. The predicted molar refractivity (Wildman–Crippen MR) is 115 cm³/mol. The summed E-state index contributed by atoms with van der Waals surface area (Å²) in [6.07, 6.45) is 8.88. The zero-order chi connectivity index (χ0) is 18.4. The molecule has 5 rings (SSSR count). The van der Waals surface area contributed by atoms with Crippen molar-refractivity contribution in [3.05, 3.63) is 96.1 Å². The molecule has 0 amide bonds. The normalized spacial score (nSPS) is 14.4. The van der Waals surface area contributed by atoms with Crippen molar-refractivity contribution >= 4 is 21.8 Å². The SMILES string of the molecule is C/C=C/C=C\C(N)n1c2ccccc2c2c3c(ccc21)-c1ccccc1C3. The Balaban J connectivity index is 1.81. The molecule has 0 fully saturated rings. The van der Waals surface area contributed by atoms with Gasteiger partial charge in [0.1, 0.15) is 6.17 Å². The number of allylic oxidation sites excluding steroid dienone is 3. The fourth-order valence-corrected chi connectivity index (χ4v) is 4.42. The van der Waals surface area contributed by atoms with Gasteiger partial charge in [-0.25, -0.2) is 0 Å². The lowest BCUT2D eigenvalue weighted by Crippen LogP contribution is -2.15. The zero-order valence-electron chi connectivity index (χ0n) is 15.4. The van der Waals surface area contributed by atoms with E-state index in [1.54, 1.807) is 0 Å². The molecule has 0 aliphatic heterocycles. The third kappa shape index (κ3) is 2.37. The van der Waals surface area contributed by atoms with E-state index in [0.717, 1.165) is 6.42 Å². The number of nitrogens with two attached hydrogens (primary N) is 1. The maximum atomic E-state index is 6.58. The molecule has 1 aromatic heterocycles. The molecular weight excluding hydrogens is 328 g/mol. The molecule has 132 valence electrons. The number of aromatic nitrogens is 1. The average molecular weight is 350 g/mol. The predicted octanol–water partition coefficient (Wildman–Crippen LogP) is 5.96. The number of para-hydroxylation sites is 1. The molecule has 2 nitrogen and oxygen atoms in total. The fourth-order valence-electron chi connectivity index (χ4n) is 4.42. The minimum atomic E-state index is -0.203. The highest BCUT2D eigenvalue weighted by Gasteiger charge is 2.24. The molecule has 0 spiro atoms. The number of hydrogen-bond acceptors (Lipinski definition) is 1. The number of rotatable bonds is 3. The van der Waals surface area contributed by atoms with E-state index in [1.165, 1.54) is 44.1 Å². The van der Waals surface area contributed by atoms with Crippen LogP contribution in [0.5, 0.6) is 0 Å². The highest BCUT2D eigenvalue weighted by atomic mass is 15.1. The number of nitrogens with zero attached hydrogens (tertiary/aromatic N) is 1. The van der Waals surface area contributed by atoms with E-state index in [2.05, 4.69) is 65.2 Å². The summed E-state index contributed by atoms with van der Waals surface area (Å²) in [7, 11) is 0. The summed E-state index contributed by atoms with van der Waals surface area (Å²) in [6, 6.07) is 21.8. The van der Waals surface area contributed by atoms with E-state index < -0.39 is 0 Å². The molecule has 0 saturated heterocycles. The lowest BCUT2D eigenvalue weighted by Gasteiger charge is -2.13. The van der Waals surface area contributed by atoms with Crippen molar-refractivity contribution in [2.24, 2.45) is 5.73 Å². The summed E-state index contributed by atoms with van der Waals surface area (Å²) in [5.74, 6) is 0. The molecule has 4 aromatic rings. The first-order valence-electron chi connectivity index (χ1n) is 9.47. The maximum Gasteiger partial charge on any atom is 0.101 e. The van der Waals surface area contributed by atoms with Gasteiger partial charge in [0, 0.05) is 10.8 Å². The molecule has 27 heavy (non-hydrogen) atoms. The van der Waals surface area contributed by atoms with Crippen molar-refractivity contribution in [1.82, 2.24) is 4.57 Å². The first-order valence-corrected chi connectivity index (χ1v) is 9.47. The van der Waals surface area contributed by atoms with Gasteiger partial charge in [0.15, 0.2) is 0 Å². The summed E-state index contributed by atoms with van der Waals surface area (Å²) in [4.78, 5) is 0. The highest BCUT2D eigenvalue weighted by Crippen LogP contribution is 2.44. The van der Waals surface area contributed by atoms with Gasteiger partial charge in [-0.2, -0.15) is 0 Å². The second kappa shape index (κ2) is 6.26. The minimum Gasteiger partial charge on any atom is -0.321 e. The van der Waals surface area contributed by atoms with Gasteiger partial charge in [0.25, 0.3) is 0 Å². The van der Waals surface area contributed by atoms with Crippen LogP contribution in [0.4, 0.5) is 0 Å². The Labute approximate surface area is 159 Å². The molecule has 3 aromatic carbocycles. The molecule has 2 heteroatoms. The van der Waals surface area contributed by atoms with E-state index in [0.29, 0.717) is 0 Å². The van der Waals surface area contributed by atoms with Crippen molar-refractivity contribution in [2.45, 2.75) is 19.5 Å². The van der Waals surface area contributed by atoms with Crippen molar-refractivity contribution < 1.29 is 0 Å². The highest BCUT2D eigenvalue weighted by molar-refractivity contribution is 6.12. The van der Waals surface area contributed by atoms with E-state index in [1.807, 2.05) is 31.2 Å². The van der Waals surface area contributed by atoms with Crippen molar-refractivity contribution in [3.8, 4) is 11.1 Å². The van der Waals surface area contributed by atoms with Gasteiger partial charge in [0.2, 0.25) is 0 Å². The smallest absolute Gasteiger partial charge is 0.101 e. The number of hydrogen-bond donors (Lipinski definition) is 1. The maximum absolute atomic E-state index is 6.58. The largest absolute Gasteiger partial charge is 0.321 e. The first-order chi connectivity index (χ1) is 13.3. The summed E-state index contributed by atoms with van der Waals surface area (Å²) in [5, 5.41) is 2.63. The third-order valence-electron chi connectivity index (χ3n) is 5.57. The Morgan fingerprint density at radius 1 is 0.889 bits per heavy atom. The monoisotopic (exact) mass is 350 g/mol. The topological polar surface area (TPSA) is 30.9 Å². The Kier molecular flexibility index (Phi) is 3.73. The van der Waals surface area contributed by atoms with Gasteiger partial charge in [-0.15, -0.1) is 0 Å². The molecule has 0 bridgehead atoms. The minimum absolute atomic E-state index is 0.203. The molecule has 1 heterocycles. The molecular formula is C25H22N2. The van der Waals surface area contributed by atoms with Crippen LogP contribution in [0.25, 0.3) is 32.9 Å². The molecule has 0 saturated carbocycles. The first kappa shape index (κ1) is 16.1. The summed E-state index contributed by atoms with van der Waals surface area (Å²) in [6.45, 7) is 2.01. The van der Waals surface area contributed by atoms with Crippen LogP contribution in [0.3, 0.4) is 0 Å². The lowest BCUT2D eigenvalue weighted by molar-refractivity contribution is 0.676. The zero-order valence-corrected chi connectivity index (χ0v) is 15.4. The molecule has 1 aliphatic carbocycles. The van der Waals surface area contributed by atoms with E-state index in [-0.39, 0.29) is 6.17 Å². The van der Waals surface area contributed by atoms with Crippen LogP contribution < -0.4 is 5.73 Å². The third-order valence-corrected chi connectivity index (χ3v) is 5.57. The summed E-state index contributed by atoms with van der Waals surface area (Å²) < 4.78 is 2.26. The van der Waals surface area contributed by atoms with Crippen LogP contribution in [0.1, 0.15) is 24.2 Å². The van der Waals surface area contributed by atoms with E-state index >= 15 is 0 Å². The van der Waals surface area contributed by atoms with E-state index in [9.17, 15) is 0 Å². The summed E-state index contributed by atoms with van der Waals surface area (Å²) in [5.41, 5.74) is 14.5. The molecule has 1 unspecified atom stereocenters. The Morgan fingerprint density at radius 2 is 1.70 bits per heavy atom. The second-order valence-corrected chi connectivity index (χ2v) is 7.11. The van der Waals surface area contributed by atoms with Crippen molar-refractivity contribution in [1.29, 1.82) is 0 Å².